The molecule has 148 valence electrons. The predicted molar refractivity (Wildman–Crippen MR) is 109 cm³/mol. The molecule has 0 N–H and O–H groups in total. The zero-order chi connectivity index (χ0) is 20.9. The monoisotopic (exact) mass is 432 g/mol. The topological polar surface area (TPSA) is 114 Å². The molecule has 0 amide bonds. The maximum absolute atomic E-state index is 10.8. The standard InChI is InChI=1S/C18H13N2O7PS/c21-19(22)14-6-10-17(11-7-14)26-28(29,25-16-4-2-1-3-5-16)27-18-12-8-15(9-13-18)20(23)24/h1-13H. The van der Waals surface area contributed by atoms with Crippen molar-refractivity contribution in [1.82, 2.24) is 0 Å². The third-order valence-electron chi connectivity index (χ3n) is 3.49. The quantitative estimate of drug-likeness (QED) is 0.269. The molecule has 0 atom stereocenters. The molecule has 0 aliphatic rings. The molecule has 3 aromatic carbocycles. The number of nitrogens with zero attached hydrogens (tertiary/aromatic N) is 2. The van der Waals surface area contributed by atoms with Crippen LogP contribution in [0.25, 0.3) is 0 Å². The lowest BCUT2D eigenvalue weighted by Crippen LogP contribution is -2.07. The Hall–Kier alpha value is -3.49. The van der Waals surface area contributed by atoms with Crippen molar-refractivity contribution in [2.75, 3.05) is 0 Å². The van der Waals surface area contributed by atoms with Gasteiger partial charge in [-0.3, -0.25) is 20.2 Å². The fraction of sp³-hybridized carbons (Fsp3) is 0. The number of hydrogen-bond donors (Lipinski definition) is 0. The summed E-state index contributed by atoms with van der Waals surface area (Å²) in [5.41, 5.74) is -0.211. The first-order valence-electron chi connectivity index (χ1n) is 8.07. The summed E-state index contributed by atoms with van der Waals surface area (Å²) in [5, 5.41) is 21.6. The molecule has 0 saturated carbocycles. The zero-order valence-electron chi connectivity index (χ0n) is 14.6. The molecule has 0 fully saturated rings. The summed E-state index contributed by atoms with van der Waals surface area (Å²) in [5.74, 6) is 0.841. The van der Waals surface area contributed by atoms with Gasteiger partial charge in [0.05, 0.1) is 9.85 Å². The van der Waals surface area contributed by atoms with Crippen molar-refractivity contribution in [1.29, 1.82) is 0 Å². The van der Waals surface area contributed by atoms with E-state index < -0.39 is 16.6 Å². The summed E-state index contributed by atoms with van der Waals surface area (Å²) >= 11 is 5.49. The number of hydrogen-bond acceptors (Lipinski definition) is 8. The molecule has 0 heterocycles. The van der Waals surface area contributed by atoms with E-state index in [9.17, 15) is 20.2 Å². The Morgan fingerprint density at radius 1 is 0.621 bits per heavy atom. The summed E-state index contributed by atoms with van der Waals surface area (Å²) in [6.45, 7) is -3.47. The SMILES string of the molecule is O=[N+]([O-])c1ccc(OP(=S)(Oc2ccccc2)Oc2ccc([N+](=O)[O-])cc2)cc1. The Kier molecular flexibility index (Phi) is 6.06. The van der Waals surface area contributed by atoms with Gasteiger partial charge in [0.2, 0.25) is 0 Å². The lowest BCUT2D eigenvalue weighted by molar-refractivity contribution is -0.385. The molecule has 9 nitrogen and oxygen atoms in total. The van der Waals surface area contributed by atoms with E-state index in [0.29, 0.717) is 5.75 Å². The van der Waals surface area contributed by atoms with Crippen LogP contribution in [0.4, 0.5) is 11.4 Å². The number of nitro benzene ring substituents is 2. The number of benzene rings is 3. The van der Waals surface area contributed by atoms with Crippen molar-refractivity contribution < 1.29 is 23.4 Å². The van der Waals surface area contributed by atoms with Crippen LogP contribution in [0.1, 0.15) is 0 Å². The van der Waals surface area contributed by atoms with Gasteiger partial charge >= 0.3 is 6.72 Å². The number of para-hydroxylation sites is 1. The van der Waals surface area contributed by atoms with Crippen LogP contribution in [0.15, 0.2) is 78.9 Å². The number of non-ortho nitro benzene ring substituents is 2. The lowest BCUT2D eigenvalue weighted by atomic mass is 10.3. The molecule has 0 radical (unpaired) electrons. The third kappa shape index (κ3) is 5.50. The van der Waals surface area contributed by atoms with Crippen LogP contribution in [-0.2, 0) is 11.8 Å². The van der Waals surface area contributed by atoms with Crippen molar-refractivity contribution in [2.24, 2.45) is 0 Å². The fourth-order valence-electron chi connectivity index (χ4n) is 2.18. The second-order valence-electron chi connectivity index (χ2n) is 5.54. The average Bonchev–Trinajstić information content (AvgIpc) is 2.69. The summed E-state index contributed by atoms with van der Waals surface area (Å²) in [6.07, 6.45) is 0. The lowest BCUT2D eigenvalue weighted by Gasteiger charge is -2.23. The smallest absolute Gasteiger partial charge is 0.407 e. The van der Waals surface area contributed by atoms with Gasteiger partial charge in [-0.05, 0) is 36.4 Å². The Morgan fingerprint density at radius 2 is 0.966 bits per heavy atom. The van der Waals surface area contributed by atoms with E-state index in [0.717, 1.165) is 0 Å². The Balaban J connectivity index is 1.87. The molecular formula is C18H13N2O7PS. The van der Waals surface area contributed by atoms with Gasteiger partial charge < -0.3 is 13.6 Å². The minimum Gasteiger partial charge on any atom is -0.407 e. The van der Waals surface area contributed by atoms with Crippen molar-refractivity contribution in [3.8, 4) is 17.2 Å². The first-order chi connectivity index (χ1) is 13.8. The van der Waals surface area contributed by atoms with Gasteiger partial charge in [0, 0.05) is 36.1 Å². The molecular weight excluding hydrogens is 419 g/mol. The molecule has 3 rings (SSSR count). The first kappa shape index (κ1) is 20.2. The Labute approximate surface area is 170 Å². The zero-order valence-corrected chi connectivity index (χ0v) is 16.3. The molecule has 0 saturated heterocycles. The maximum atomic E-state index is 10.8. The highest BCUT2D eigenvalue weighted by atomic mass is 32.5. The summed E-state index contributed by atoms with van der Waals surface area (Å²) < 4.78 is 17.3. The molecule has 3 aromatic rings. The van der Waals surface area contributed by atoms with Gasteiger partial charge in [-0.1, -0.05) is 18.2 Å². The Morgan fingerprint density at radius 3 is 1.31 bits per heavy atom. The fourth-order valence-corrected chi connectivity index (χ4v) is 4.21. The minimum atomic E-state index is -3.47. The molecule has 29 heavy (non-hydrogen) atoms. The van der Waals surface area contributed by atoms with Gasteiger partial charge in [0.1, 0.15) is 17.2 Å². The molecule has 0 aliphatic heterocycles. The van der Waals surface area contributed by atoms with Crippen LogP contribution in [0, 0.1) is 20.2 Å². The molecule has 0 aliphatic carbocycles. The van der Waals surface area contributed by atoms with E-state index in [-0.39, 0.29) is 22.9 Å². The van der Waals surface area contributed by atoms with E-state index in [1.165, 1.54) is 48.5 Å². The Bertz CT molecular complexity index is 996. The molecule has 0 bridgehead atoms. The van der Waals surface area contributed by atoms with Crippen molar-refractivity contribution in [3.63, 3.8) is 0 Å². The van der Waals surface area contributed by atoms with Gasteiger partial charge in [0.15, 0.2) is 0 Å². The second kappa shape index (κ2) is 8.68. The highest BCUT2D eigenvalue weighted by Gasteiger charge is 2.27. The average molecular weight is 432 g/mol. The maximum Gasteiger partial charge on any atom is 0.490 e. The van der Waals surface area contributed by atoms with E-state index in [4.69, 9.17) is 25.4 Å². The van der Waals surface area contributed by atoms with E-state index >= 15 is 0 Å². The van der Waals surface area contributed by atoms with E-state index in [2.05, 4.69) is 0 Å². The molecule has 0 unspecified atom stereocenters. The van der Waals surface area contributed by atoms with Crippen molar-refractivity contribution in [3.05, 3.63) is 99.1 Å². The summed E-state index contributed by atoms with van der Waals surface area (Å²) in [4.78, 5) is 20.6. The first-order valence-corrected chi connectivity index (χ1v) is 10.6. The highest BCUT2D eigenvalue weighted by Crippen LogP contribution is 2.50. The predicted octanol–water partition coefficient (Wildman–Crippen LogP) is 5.26. The molecule has 11 heteroatoms. The molecule has 0 spiro atoms. The van der Waals surface area contributed by atoms with Crippen LogP contribution in [0.3, 0.4) is 0 Å². The number of rotatable bonds is 8. The van der Waals surface area contributed by atoms with Crippen LogP contribution >= 0.6 is 6.72 Å². The van der Waals surface area contributed by atoms with Crippen LogP contribution in [-0.4, -0.2) is 9.85 Å². The van der Waals surface area contributed by atoms with Crippen LogP contribution in [0.5, 0.6) is 17.2 Å². The summed E-state index contributed by atoms with van der Waals surface area (Å²) in [7, 11) is 0. The van der Waals surface area contributed by atoms with Crippen LogP contribution < -0.4 is 13.6 Å². The second-order valence-corrected chi connectivity index (χ2v) is 8.32. The molecule has 0 aromatic heterocycles. The number of nitro groups is 2. The van der Waals surface area contributed by atoms with Crippen LogP contribution in [0.2, 0.25) is 0 Å². The van der Waals surface area contributed by atoms with Gasteiger partial charge in [-0.2, -0.15) is 0 Å². The third-order valence-corrected chi connectivity index (χ3v) is 5.46. The normalized spacial score (nSPS) is 10.8. The van der Waals surface area contributed by atoms with Crippen molar-refractivity contribution in [2.45, 2.75) is 0 Å². The van der Waals surface area contributed by atoms with Gasteiger partial charge in [-0.25, -0.2) is 0 Å². The summed E-state index contributed by atoms with van der Waals surface area (Å²) in [6, 6.07) is 19.2. The van der Waals surface area contributed by atoms with E-state index in [1.807, 2.05) is 0 Å². The van der Waals surface area contributed by atoms with Gasteiger partial charge in [-0.15, -0.1) is 0 Å². The van der Waals surface area contributed by atoms with E-state index in [1.54, 1.807) is 30.3 Å². The van der Waals surface area contributed by atoms with Gasteiger partial charge in [0.25, 0.3) is 11.4 Å². The largest absolute Gasteiger partial charge is 0.490 e. The highest BCUT2D eigenvalue weighted by molar-refractivity contribution is 8.08. The van der Waals surface area contributed by atoms with Crippen molar-refractivity contribution >= 4 is 29.9 Å². The minimum absolute atomic E-state index is 0.106.